The van der Waals surface area contributed by atoms with Crippen molar-refractivity contribution in [2.45, 2.75) is 13.5 Å². The molecule has 9 heteroatoms. The molecule has 6 nitrogen and oxygen atoms in total. The SMILES string of the molecule is CC(=O)Nc1ccc(-c2csc(NC(=O)/C=C/c3ccc(OC(F)F)cc3)n2)cc1. The number of ether oxygens (including phenoxy) is 1. The summed E-state index contributed by atoms with van der Waals surface area (Å²) in [6.45, 7) is -1.44. The summed E-state index contributed by atoms with van der Waals surface area (Å²) < 4.78 is 28.6. The maximum absolute atomic E-state index is 12.1. The Balaban J connectivity index is 1.58. The van der Waals surface area contributed by atoms with Crippen LogP contribution in [0.1, 0.15) is 12.5 Å². The lowest BCUT2D eigenvalue weighted by molar-refractivity contribution is -0.114. The lowest BCUT2D eigenvalue weighted by Gasteiger charge is -2.03. The molecule has 0 aliphatic rings. The lowest BCUT2D eigenvalue weighted by atomic mass is 10.1. The first-order chi connectivity index (χ1) is 14.4. The molecular weight excluding hydrogens is 412 g/mol. The maximum atomic E-state index is 12.1. The van der Waals surface area contributed by atoms with Crippen LogP contribution in [0.15, 0.2) is 60.0 Å². The number of thiazole rings is 1. The van der Waals surface area contributed by atoms with Crippen LogP contribution in [0.25, 0.3) is 17.3 Å². The minimum Gasteiger partial charge on any atom is -0.435 e. The number of amides is 2. The third-order valence-corrected chi connectivity index (χ3v) is 4.53. The zero-order valence-electron chi connectivity index (χ0n) is 15.8. The van der Waals surface area contributed by atoms with E-state index in [-0.39, 0.29) is 17.6 Å². The minimum atomic E-state index is -2.88. The molecule has 3 aromatic rings. The van der Waals surface area contributed by atoms with Gasteiger partial charge in [0.1, 0.15) is 5.75 Å². The molecule has 0 atom stereocenters. The zero-order valence-corrected chi connectivity index (χ0v) is 16.6. The summed E-state index contributed by atoms with van der Waals surface area (Å²) in [7, 11) is 0. The molecule has 0 unspecified atom stereocenters. The van der Waals surface area contributed by atoms with Gasteiger partial charge in [0.25, 0.3) is 0 Å². The number of hydrogen-bond acceptors (Lipinski definition) is 5. The van der Waals surface area contributed by atoms with Crippen LogP contribution < -0.4 is 15.4 Å². The smallest absolute Gasteiger partial charge is 0.387 e. The Hall–Kier alpha value is -3.59. The number of aromatic nitrogens is 1. The molecule has 1 aromatic heterocycles. The van der Waals surface area contributed by atoms with Gasteiger partial charge in [0, 0.05) is 29.6 Å². The van der Waals surface area contributed by atoms with Gasteiger partial charge in [-0.2, -0.15) is 8.78 Å². The molecule has 0 aliphatic heterocycles. The number of nitrogens with one attached hydrogen (secondary N) is 2. The molecule has 0 aliphatic carbocycles. The third-order valence-electron chi connectivity index (χ3n) is 3.77. The summed E-state index contributed by atoms with van der Waals surface area (Å²) in [4.78, 5) is 27.5. The van der Waals surface area contributed by atoms with Crippen LogP contribution in [0, 0.1) is 0 Å². The fourth-order valence-corrected chi connectivity index (χ4v) is 3.19. The molecule has 0 fully saturated rings. The fourth-order valence-electron chi connectivity index (χ4n) is 2.47. The van der Waals surface area contributed by atoms with Crippen molar-refractivity contribution in [1.82, 2.24) is 4.98 Å². The Kier molecular flexibility index (Phi) is 6.87. The summed E-state index contributed by atoms with van der Waals surface area (Å²) in [5.41, 5.74) is 2.89. The van der Waals surface area contributed by atoms with Crippen molar-refractivity contribution < 1.29 is 23.1 Å². The number of carbonyl (C=O) groups is 2. The number of benzene rings is 2. The van der Waals surface area contributed by atoms with Gasteiger partial charge in [-0.1, -0.05) is 24.3 Å². The molecule has 0 spiro atoms. The number of halogens is 2. The second kappa shape index (κ2) is 9.75. The van der Waals surface area contributed by atoms with E-state index in [0.717, 1.165) is 5.56 Å². The van der Waals surface area contributed by atoms with Gasteiger partial charge < -0.3 is 10.1 Å². The van der Waals surface area contributed by atoms with Crippen molar-refractivity contribution >= 4 is 40.0 Å². The van der Waals surface area contributed by atoms with Crippen LogP contribution >= 0.6 is 11.3 Å². The summed E-state index contributed by atoms with van der Waals surface area (Å²) in [6.07, 6.45) is 2.88. The molecular formula is C21H17F2N3O3S. The largest absolute Gasteiger partial charge is 0.435 e. The molecule has 0 bridgehead atoms. The van der Waals surface area contributed by atoms with Crippen LogP contribution in [-0.2, 0) is 9.59 Å². The molecule has 2 N–H and O–H groups in total. The predicted molar refractivity (Wildman–Crippen MR) is 113 cm³/mol. The average Bonchev–Trinajstić information content (AvgIpc) is 3.15. The van der Waals surface area contributed by atoms with Gasteiger partial charge in [0.2, 0.25) is 11.8 Å². The standard InChI is InChI=1S/C21H17F2N3O3S/c1-13(27)24-16-7-5-15(6-8-16)18-12-30-21(25-18)26-19(28)11-4-14-2-9-17(10-3-14)29-20(22)23/h2-12,20H,1H3,(H,24,27)(H,25,26,28)/b11-4+. The van der Waals surface area contributed by atoms with Gasteiger partial charge in [-0.25, -0.2) is 4.98 Å². The zero-order chi connectivity index (χ0) is 21.5. The normalized spacial score (nSPS) is 10.9. The molecule has 0 saturated carbocycles. The Labute approximate surface area is 175 Å². The first-order valence-electron chi connectivity index (χ1n) is 8.76. The molecule has 1 heterocycles. The summed E-state index contributed by atoms with van der Waals surface area (Å²) >= 11 is 1.28. The number of hydrogen-bond donors (Lipinski definition) is 2. The molecule has 3 rings (SSSR count). The van der Waals surface area contributed by atoms with Gasteiger partial charge in [0.05, 0.1) is 5.69 Å². The van der Waals surface area contributed by atoms with E-state index in [2.05, 4.69) is 20.4 Å². The van der Waals surface area contributed by atoms with Crippen LogP contribution in [0.3, 0.4) is 0 Å². The van der Waals surface area contributed by atoms with Crippen molar-refractivity contribution in [3.8, 4) is 17.0 Å². The van der Waals surface area contributed by atoms with Crippen LogP contribution in [-0.4, -0.2) is 23.4 Å². The summed E-state index contributed by atoms with van der Waals surface area (Å²) in [5, 5.41) is 7.62. The van der Waals surface area contributed by atoms with Crippen molar-refractivity contribution in [3.63, 3.8) is 0 Å². The van der Waals surface area contributed by atoms with Crippen molar-refractivity contribution in [3.05, 3.63) is 65.6 Å². The Morgan fingerprint density at radius 1 is 1.07 bits per heavy atom. The Morgan fingerprint density at radius 2 is 1.77 bits per heavy atom. The quantitative estimate of drug-likeness (QED) is 0.517. The second-order valence-corrected chi connectivity index (χ2v) is 6.92. The summed E-state index contributed by atoms with van der Waals surface area (Å²) in [6, 6.07) is 13.1. The van der Waals surface area contributed by atoms with Crippen molar-refractivity contribution in [1.29, 1.82) is 0 Å². The van der Waals surface area contributed by atoms with E-state index in [9.17, 15) is 18.4 Å². The van der Waals surface area contributed by atoms with Gasteiger partial charge >= 0.3 is 6.61 Å². The number of anilines is 2. The molecule has 2 amide bonds. The highest BCUT2D eigenvalue weighted by Crippen LogP contribution is 2.26. The number of nitrogens with zero attached hydrogens (tertiary/aromatic N) is 1. The third kappa shape index (κ3) is 6.21. The maximum Gasteiger partial charge on any atom is 0.387 e. The van der Waals surface area contributed by atoms with E-state index in [1.807, 2.05) is 17.5 Å². The summed E-state index contributed by atoms with van der Waals surface area (Å²) in [5.74, 6) is -0.469. The van der Waals surface area contributed by atoms with Gasteiger partial charge in [-0.15, -0.1) is 11.3 Å². The van der Waals surface area contributed by atoms with E-state index in [1.165, 1.54) is 36.5 Å². The number of alkyl halides is 2. The predicted octanol–water partition coefficient (Wildman–Crippen LogP) is 5.02. The minimum absolute atomic E-state index is 0.0482. The van der Waals surface area contributed by atoms with Gasteiger partial charge in [-0.05, 0) is 35.9 Å². The molecule has 0 saturated heterocycles. The van der Waals surface area contributed by atoms with Crippen LogP contribution in [0.2, 0.25) is 0 Å². The monoisotopic (exact) mass is 429 g/mol. The van der Waals surface area contributed by atoms with Crippen LogP contribution in [0.4, 0.5) is 19.6 Å². The van der Waals surface area contributed by atoms with E-state index >= 15 is 0 Å². The Morgan fingerprint density at radius 3 is 2.40 bits per heavy atom. The van der Waals surface area contributed by atoms with Gasteiger partial charge in [-0.3, -0.25) is 14.9 Å². The van der Waals surface area contributed by atoms with Crippen LogP contribution in [0.5, 0.6) is 5.75 Å². The van der Waals surface area contributed by atoms with E-state index in [0.29, 0.717) is 22.1 Å². The number of carbonyl (C=O) groups excluding carboxylic acids is 2. The van der Waals surface area contributed by atoms with E-state index in [1.54, 1.807) is 30.3 Å². The molecule has 30 heavy (non-hydrogen) atoms. The lowest BCUT2D eigenvalue weighted by Crippen LogP contribution is -2.07. The van der Waals surface area contributed by atoms with Crippen molar-refractivity contribution in [2.24, 2.45) is 0 Å². The first-order valence-corrected chi connectivity index (χ1v) is 9.64. The van der Waals surface area contributed by atoms with E-state index in [4.69, 9.17) is 0 Å². The highest BCUT2D eigenvalue weighted by Gasteiger charge is 2.07. The van der Waals surface area contributed by atoms with Crippen molar-refractivity contribution in [2.75, 3.05) is 10.6 Å². The topological polar surface area (TPSA) is 80.3 Å². The average molecular weight is 429 g/mol. The highest BCUT2D eigenvalue weighted by molar-refractivity contribution is 7.14. The van der Waals surface area contributed by atoms with E-state index < -0.39 is 6.61 Å². The highest BCUT2D eigenvalue weighted by atomic mass is 32.1. The molecule has 2 aromatic carbocycles. The fraction of sp³-hybridized carbons (Fsp3) is 0.0952. The first kappa shape index (κ1) is 21.1. The number of rotatable bonds is 7. The molecule has 0 radical (unpaired) electrons. The Bertz CT molecular complexity index is 1050. The molecule has 154 valence electrons. The van der Waals surface area contributed by atoms with Gasteiger partial charge in [0.15, 0.2) is 5.13 Å². The second-order valence-electron chi connectivity index (χ2n) is 6.07.